The predicted octanol–water partition coefficient (Wildman–Crippen LogP) is 1.56. The van der Waals surface area contributed by atoms with Crippen LogP contribution in [-0.2, 0) is 0 Å². The molecule has 0 aromatic carbocycles. The first kappa shape index (κ1) is 11.7. The largest absolute Gasteiger partial charge is 0.396 e. The summed E-state index contributed by atoms with van der Waals surface area (Å²) in [5.41, 5.74) is 1.34. The molecule has 12 heavy (non-hydrogen) atoms. The highest BCUT2D eigenvalue weighted by atomic mass is 16.3. The molecule has 1 atom stereocenters. The lowest BCUT2D eigenvalue weighted by Gasteiger charge is -2.09. The van der Waals surface area contributed by atoms with Crippen LogP contribution in [-0.4, -0.2) is 24.8 Å². The SMILES string of the molecule is CC(C)=CCNCC(C)CCO. The van der Waals surface area contributed by atoms with E-state index in [2.05, 4.69) is 32.2 Å². The third-order valence-electron chi connectivity index (χ3n) is 1.77. The lowest BCUT2D eigenvalue weighted by Crippen LogP contribution is -2.21. The highest BCUT2D eigenvalue weighted by Gasteiger charge is 1.98. The Morgan fingerprint density at radius 3 is 2.67 bits per heavy atom. The summed E-state index contributed by atoms with van der Waals surface area (Å²) in [5.74, 6) is 0.570. The first-order valence-corrected chi connectivity index (χ1v) is 4.61. The van der Waals surface area contributed by atoms with Crippen LogP contribution in [0.25, 0.3) is 0 Å². The van der Waals surface area contributed by atoms with Crippen molar-refractivity contribution in [1.29, 1.82) is 0 Å². The van der Waals surface area contributed by atoms with Crippen LogP contribution >= 0.6 is 0 Å². The van der Waals surface area contributed by atoms with Crippen molar-refractivity contribution in [2.75, 3.05) is 19.7 Å². The van der Waals surface area contributed by atoms with Gasteiger partial charge in [-0.3, -0.25) is 0 Å². The number of allylic oxidation sites excluding steroid dienone is 1. The van der Waals surface area contributed by atoms with Gasteiger partial charge in [0.1, 0.15) is 0 Å². The van der Waals surface area contributed by atoms with Gasteiger partial charge in [-0.25, -0.2) is 0 Å². The molecule has 0 amide bonds. The van der Waals surface area contributed by atoms with E-state index in [1.807, 2.05) is 0 Å². The molecule has 0 heterocycles. The van der Waals surface area contributed by atoms with Gasteiger partial charge in [-0.2, -0.15) is 0 Å². The van der Waals surface area contributed by atoms with E-state index < -0.39 is 0 Å². The van der Waals surface area contributed by atoms with E-state index in [1.165, 1.54) is 5.57 Å². The van der Waals surface area contributed by atoms with Crippen molar-refractivity contribution in [3.63, 3.8) is 0 Å². The van der Waals surface area contributed by atoms with E-state index in [-0.39, 0.29) is 0 Å². The van der Waals surface area contributed by atoms with Crippen molar-refractivity contribution < 1.29 is 5.11 Å². The number of hydrogen-bond acceptors (Lipinski definition) is 2. The van der Waals surface area contributed by atoms with Gasteiger partial charge in [0.25, 0.3) is 0 Å². The average molecular weight is 171 g/mol. The van der Waals surface area contributed by atoms with Crippen LogP contribution in [0, 0.1) is 5.92 Å². The minimum absolute atomic E-state index is 0.297. The molecule has 0 fully saturated rings. The summed E-state index contributed by atoms with van der Waals surface area (Å²) in [4.78, 5) is 0. The minimum atomic E-state index is 0.297. The second kappa shape index (κ2) is 7.32. The molecule has 2 N–H and O–H groups in total. The predicted molar refractivity (Wildman–Crippen MR) is 53.2 cm³/mol. The molecule has 0 spiro atoms. The second-order valence-corrected chi connectivity index (χ2v) is 3.56. The van der Waals surface area contributed by atoms with E-state index in [0.717, 1.165) is 19.5 Å². The maximum Gasteiger partial charge on any atom is 0.0434 e. The Hall–Kier alpha value is -0.340. The van der Waals surface area contributed by atoms with Crippen molar-refractivity contribution in [3.8, 4) is 0 Å². The molecule has 72 valence electrons. The molecule has 0 radical (unpaired) electrons. The lowest BCUT2D eigenvalue weighted by atomic mass is 10.1. The van der Waals surface area contributed by atoms with E-state index in [0.29, 0.717) is 12.5 Å². The van der Waals surface area contributed by atoms with Gasteiger partial charge in [-0.05, 0) is 32.7 Å². The van der Waals surface area contributed by atoms with Crippen molar-refractivity contribution in [3.05, 3.63) is 11.6 Å². The van der Waals surface area contributed by atoms with E-state index >= 15 is 0 Å². The molecule has 0 aliphatic heterocycles. The maximum absolute atomic E-state index is 8.64. The first-order valence-electron chi connectivity index (χ1n) is 4.61. The minimum Gasteiger partial charge on any atom is -0.396 e. The van der Waals surface area contributed by atoms with Gasteiger partial charge in [0.15, 0.2) is 0 Å². The Morgan fingerprint density at radius 1 is 1.50 bits per heavy atom. The molecule has 0 saturated heterocycles. The first-order chi connectivity index (χ1) is 5.66. The number of nitrogens with one attached hydrogen (secondary N) is 1. The van der Waals surface area contributed by atoms with Crippen LogP contribution in [0.3, 0.4) is 0 Å². The fourth-order valence-electron chi connectivity index (χ4n) is 0.928. The highest BCUT2D eigenvalue weighted by Crippen LogP contribution is 1.97. The van der Waals surface area contributed by atoms with Gasteiger partial charge in [0, 0.05) is 13.2 Å². The zero-order chi connectivity index (χ0) is 9.40. The Kier molecular flexibility index (Phi) is 7.11. The smallest absolute Gasteiger partial charge is 0.0434 e. The molecular formula is C10H21NO. The summed E-state index contributed by atoms with van der Waals surface area (Å²) in [6.45, 7) is 8.57. The summed E-state index contributed by atoms with van der Waals surface area (Å²) in [6.07, 6.45) is 3.06. The summed E-state index contributed by atoms with van der Waals surface area (Å²) in [5, 5.41) is 12.0. The summed E-state index contributed by atoms with van der Waals surface area (Å²) in [7, 11) is 0. The van der Waals surface area contributed by atoms with Crippen LogP contribution in [0.2, 0.25) is 0 Å². The van der Waals surface area contributed by atoms with Crippen LogP contribution in [0.1, 0.15) is 27.2 Å². The van der Waals surface area contributed by atoms with Crippen LogP contribution in [0.5, 0.6) is 0 Å². The van der Waals surface area contributed by atoms with Crippen molar-refractivity contribution >= 4 is 0 Å². The summed E-state index contributed by atoms with van der Waals surface area (Å²) < 4.78 is 0. The Bertz CT molecular complexity index is 128. The molecule has 2 nitrogen and oxygen atoms in total. The third-order valence-corrected chi connectivity index (χ3v) is 1.77. The number of aliphatic hydroxyl groups is 1. The van der Waals surface area contributed by atoms with Crippen LogP contribution in [0.4, 0.5) is 0 Å². The quantitative estimate of drug-likeness (QED) is 0.469. The normalized spacial score (nSPS) is 12.7. The number of hydrogen-bond donors (Lipinski definition) is 2. The molecule has 2 heteroatoms. The third kappa shape index (κ3) is 7.76. The van der Waals surface area contributed by atoms with E-state index in [9.17, 15) is 0 Å². The monoisotopic (exact) mass is 171 g/mol. The Morgan fingerprint density at radius 2 is 2.17 bits per heavy atom. The van der Waals surface area contributed by atoms with Crippen LogP contribution in [0.15, 0.2) is 11.6 Å². The molecule has 0 bridgehead atoms. The maximum atomic E-state index is 8.64. The molecular weight excluding hydrogens is 150 g/mol. The van der Waals surface area contributed by atoms with Gasteiger partial charge < -0.3 is 10.4 Å². The molecule has 0 aliphatic rings. The highest BCUT2D eigenvalue weighted by molar-refractivity contribution is 4.94. The van der Waals surface area contributed by atoms with Crippen molar-refractivity contribution in [1.82, 2.24) is 5.32 Å². The molecule has 0 saturated carbocycles. The fraction of sp³-hybridized carbons (Fsp3) is 0.800. The van der Waals surface area contributed by atoms with Gasteiger partial charge >= 0.3 is 0 Å². The average Bonchev–Trinajstić information content (AvgIpc) is 1.98. The van der Waals surface area contributed by atoms with Gasteiger partial charge in [0.2, 0.25) is 0 Å². The topological polar surface area (TPSA) is 32.3 Å². The second-order valence-electron chi connectivity index (χ2n) is 3.56. The standard InChI is InChI=1S/C10H21NO/c1-9(2)4-6-11-8-10(3)5-7-12/h4,10-12H,5-8H2,1-3H3. The summed E-state index contributed by atoms with van der Waals surface area (Å²) >= 11 is 0. The van der Waals surface area contributed by atoms with Gasteiger partial charge in [-0.15, -0.1) is 0 Å². The van der Waals surface area contributed by atoms with Crippen LogP contribution < -0.4 is 5.32 Å². The lowest BCUT2D eigenvalue weighted by molar-refractivity contribution is 0.261. The number of aliphatic hydroxyl groups excluding tert-OH is 1. The zero-order valence-electron chi connectivity index (χ0n) is 8.43. The Balaban J connectivity index is 3.25. The van der Waals surface area contributed by atoms with Gasteiger partial charge in [-0.1, -0.05) is 18.6 Å². The van der Waals surface area contributed by atoms with E-state index in [1.54, 1.807) is 0 Å². The number of rotatable bonds is 6. The zero-order valence-corrected chi connectivity index (χ0v) is 8.43. The molecule has 0 rings (SSSR count). The van der Waals surface area contributed by atoms with E-state index in [4.69, 9.17) is 5.11 Å². The molecule has 0 aromatic rings. The fourth-order valence-corrected chi connectivity index (χ4v) is 0.928. The molecule has 1 unspecified atom stereocenters. The van der Waals surface area contributed by atoms with Crippen molar-refractivity contribution in [2.45, 2.75) is 27.2 Å². The van der Waals surface area contributed by atoms with Crippen molar-refractivity contribution in [2.24, 2.45) is 5.92 Å². The molecule has 0 aromatic heterocycles. The molecule has 0 aliphatic carbocycles. The summed E-state index contributed by atoms with van der Waals surface area (Å²) in [6, 6.07) is 0. The Labute approximate surface area is 75.7 Å². The van der Waals surface area contributed by atoms with Gasteiger partial charge in [0.05, 0.1) is 0 Å².